The minimum absolute atomic E-state index is 0.440. The molecule has 1 aliphatic rings. The molecule has 17 heavy (non-hydrogen) atoms. The molecule has 94 valence electrons. The Morgan fingerprint density at radius 3 is 3.18 bits per heavy atom. The maximum absolute atomic E-state index is 5.07. The number of nitrogens with one attached hydrogen (secondary N) is 1. The van der Waals surface area contributed by atoms with Crippen LogP contribution < -0.4 is 5.32 Å². The van der Waals surface area contributed by atoms with Crippen LogP contribution in [-0.2, 0) is 17.8 Å². The number of nitrogens with zero attached hydrogens (tertiary/aromatic N) is 2. The summed E-state index contributed by atoms with van der Waals surface area (Å²) in [6.45, 7) is 3.75. The Labute approximate surface area is 103 Å². The van der Waals surface area contributed by atoms with E-state index in [1.54, 1.807) is 7.11 Å². The van der Waals surface area contributed by atoms with E-state index in [1.807, 2.05) is 6.20 Å². The average Bonchev–Trinajstić information content (AvgIpc) is 2.36. The number of ether oxygens (including phenoxy) is 1. The van der Waals surface area contributed by atoms with Gasteiger partial charge >= 0.3 is 0 Å². The van der Waals surface area contributed by atoms with E-state index in [2.05, 4.69) is 22.2 Å². The zero-order valence-corrected chi connectivity index (χ0v) is 10.7. The van der Waals surface area contributed by atoms with Crippen LogP contribution in [-0.4, -0.2) is 23.6 Å². The molecule has 1 aliphatic carbocycles. The third kappa shape index (κ3) is 3.01. The normalized spacial score (nSPS) is 19.1. The second-order valence-electron chi connectivity index (χ2n) is 4.52. The fourth-order valence-electron chi connectivity index (χ4n) is 2.32. The fraction of sp³-hybridized carbons (Fsp3) is 0.692. The van der Waals surface area contributed by atoms with Gasteiger partial charge in [-0.2, -0.15) is 0 Å². The number of hydrogen-bond acceptors (Lipinski definition) is 4. The summed E-state index contributed by atoms with van der Waals surface area (Å²) in [5, 5.41) is 3.57. The van der Waals surface area contributed by atoms with Gasteiger partial charge in [0.25, 0.3) is 0 Å². The largest absolute Gasteiger partial charge is 0.377 e. The van der Waals surface area contributed by atoms with Crippen LogP contribution >= 0.6 is 0 Å². The summed E-state index contributed by atoms with van der Waals surface area (Å²) in [4.78, 5) is 8.95. The van der Waals surface area contributed by atoms with Gasteiger partial charge in [-0.15, -0.1) is 0 Å². The first-order chi connectivity index (χ1) is 8.35. The zero-order chi connectivity index (χ0) is 12.1. The lowest BCUT2D eigenvalue weighted by molar-refractivity contribution is 0.177. The van der Waals surface area contributed by atoms with Crippen LogP contribution in [0.15, 0.2) is 6.20 Å². The summed E-state index contributed by atoms with van der Waals surface area (Å²) < 4.78 is 5.07. The molecular formula is C13H21N3O. The Hall–Kier alpha value is -1.00. The Morgan fingerprint density at radius 2 is 2.41 bits per heavy atom. The van der Waals surface area contributed by atoms with Gasteiger partial charge in [-0.25, -0.2) is 9.97 Å². The molecule has 0 spiro atoms. The molecule has 0 fully saturated rings. The van der Waals surface area contributed by atoms with Crippen molar-refractivity contribution in [1.82, 2.24) is 15.3 Å². The number of rotatable bonds is 5. The van der Waals surface area contributed by atoms with Gasteiger partial charge in [-0.1, -0.05) is 6.92 Å². The van der Waals surface area contributed by atoms with Gasteiger partial charge in [-0.05, 0) is 32.2 Å². The maximum Gasteiger partial charge on any atom is 0.154 e. The summed E-state index contributed by atoms with van der Waals surface area (Å²) in [5.41, 5.74) is 2.48. The van der Waals surface area contributed by atoms with E-state index in [-0.39, 0.29) is 0 Å². The Balaban J connectivity index is 2.14. The molecule has 0 saturated heterocycles. The van der Waals surface area contributed by atoms with Gasteiger partial charge in [0.15, 0.2) is 5.82 Å². The smallest absolute Gasteiger partial charge is 0.154 e. The van der Waals surface area contributed by atoms with Crippen molar-refractivity contribution >= 4 is 0 Å². The molecule has 1 unspecified atom stereocenters. The minimum atomic E-state index is 0.440. The molecule has 0 bridgehead atoms. The van der Waals surface area contributed by atoms with Crippen molar-refractivity contribution in [2.75, 3.05) is 13.7 Å². The van der Waals surface area contributed by atoms with E-state index in [0.29, 0.717) is 12.6 Å². The van der Waals surface area contributed by atoms with Gasteiger partial charge in [0.05, 0.1) is 0 Å². The molecule has 2 rings (SSSR count). The number of methoxy groups -OCH3 is 1. The SMILES string of the molecule is CCCNC1CCCc2nc(COC)ncc21. The zero-order valence-electron chi connectivity index (χ0n) is 10.7. The minimum Gasteiger partial charge on any atom is -0.377 e. The average molecular weight is 235 g/mol. The Morgan fingerprint density at radius 1 is 1.53 bits per heavy atom. The molecule has 0 aromatic carbocycles. The molecule has 0 aliphatic heterocycles. The first-order valence-corrected chi connectivity index (χ1v) is 6.42. The Kier molecular flexibility index (Phi) is 4.45. The predicted octanol–water partition coefficient (Wildman–Crippen LogP) is 2.00. The van der Waals surface area contributed by atoms with Crippen molar-refractivity contribution in [3.63, 3.8) is 0 Å². The second-order valence-corrected chi connectivity index (χ2v) is 4.52. The van der Waals surface area contributed by atoms with Gasteiger partial charge < -0.3 is 10.1 Å². The van der Waals surface area contributed by atoms with Crippen molar-refractivity contribution in [1.29, 1.82) is 0 Å². The van der Waals surface area contributed by atoms with Crippen molar-refractivity contribution in [3.8, 4) is 0 Å². The molecule has 4 heteroatoms. The van der Waals surface area contributed by atoms with E-state index in [4.69, 9.17) is 4.74 Å². The summed E-state index contributed by atoms with van der Waals surface area (Å²) in [5.74, 6) is 0.794. The van der Waals surface area contributed by atoms with E-state index >= 15 is 0 Å². The molecule has 1 heterocycles. The number of hydrogen-bond donors (Lipinski definition) is 1. The molecule has 1 N–H and O–H groups in total. The third-order valence-corrected chi connectivity index (χ3v) is 3.15. The van der Waals surface area contributed by atoms with Crippen LogP contribution in [0, 0.1) is 0 Å². The topological polar surface area (TPSA) is 47.0 Å². The van der Waals surface area contributed by atoms with Crippen LogP contribution in [0.4, 0.5) is 0 Å². The highest BCUT2D eigenvalue weighted by molar-refractivity contribution is 5.24. The first-order valence-electron chi connectivity index (χ1n) is 6.42. The standard InChI is InChI=1S/C13H21N3O/c1-3-7-14-11-5-4-6-12-10(11)8-15-13(16-12)9-17-2/h8,11,14H,3-7,9H2,1-2H3. The van der Waals surface area contributed by atoms with Crippen LogP contribution in [0.3, 0.4) is 0 Å². The van der Waals surface area contributed by atoms with E-state index in [0.717, 1.165) is 25.2 Å². The highest BCUT2D eigenvalue weighted by Crippen LogP contribution is 2.27. The van der Waals surface area contributed by atoms with Gasteiger partial charge in [0.2, 0.25) is 0 Å². The predicted molar refractivity (Wildman–Crippen MR) is 66.7 cm³/mol. The quantitative estimate of drug-likeness (QED) is 0.848. The summed E-state index contributed by atoms with van der Waals surface area (Å²) >= 11 is 0. The monoisotopic (exact) mass is 235 g/mol. The van der Waals surface area contributed by atoms with Crippen molar-refractivity contribution in [2.24, 2.45) is 0 Å². The lowest BCUT2D eigenvalue weighted by atomic mass is 9.92. The fourth-order valence-corrected chi connectivity index (χ4v) is 2.32. The molecule has 1 aromatic rings. The van der Waals surface area contributed by atoms with Crippen LogP contribution in [0.1, 0.15) is 49.3 Å². The molecule has 1 atom stereocenters. The second kappa shape index (κ2) is 6.07. The summed E-state index contributed by atoms with van der Waals surface area (Å²) in [7, 11) is 1.68. The van der Waals surface area contributed by atoms with Crippen LogP contribution in [0.5, 0.6) is 0 Å². The molecule has 0 radical (unpaired) electrons. The van der Waals surface area contributed by atoms with Gasteiger partial charge in [-0.3, -0.25) is 0 Å². The third-order valence-electron chi connectivity index (χ3n) is 3.15. The van der Waals surface area contributed by atoms with Gasteiger partial charge in [0, 0.05) is 30.6 Å². The van der Waals surface area contributed by atoms with Crippen molar-refractivity contribution in [3.05, 3.63) is 23.3 Å². The van der Waals surface area contributed by atoms with E-state index < -0.39 is 0 Å². The summed E-state index contributed by atoms with van der Waals surface area (Å²) in [6, 6.07) is 0.440. The van der Waals surface area contributed by atoms with Crippen LogP contribution in [0.25, 0.3) is 0 Å². The van der Waals surface area contributed by atoms with Crippen molar-refractivity contribution in [2.45, 2.75) is 45.3 Å². The molecule has 4 nitrogen and oxygen atoms in total. The van der Waals surface area contributed by atoms with Crippen molar-refractivity contribution < 1.29 is 4.74 Å². The highest BCUT2D eigenvalue weighted by atomic mass is 16.5. The number of aromatic nitrogens is 2. The molecular weight excluding hydrogens is 214 g/mol. The first kappa shape index (κ1) is 12.5. The van der Waals surface area contributed by atoms with E-state index in [9.17, 15) is 0 Å². The molecule has 1 aromatic heterocycles. The number of aryl methyl sites for hydroxylation is 1. The van der Waals surface area contributed by atoms with Gasteiger partial charge in [0.1, 0.15) is 6.61 Å². The van der Waals surface area contributed by atoms with Crippen LogP contribution in [0.2, 0.25) is 0 Å². The lowest BCUT2D eigenvalue weighted by Crippen LogP contribution is -2.27. The van der Waals surface area contributed by atoms with E-state index in [1.165, 1.54) is 24.1 Å². The molecule has 0 amide bonds. The maximum atomic E-state index is 5.07. The molecule has 0 saturated carbocycles. The Bertz CT molecular complexity index is 368. The number of fused-ring (bicyclic) bond motifs is 1. The highest BCUT2D eigenvalue weighted by Gasteiger charge is 2.21. The summed E-state index contributed by atoms with van der Waals surface area (Å²) in [6.07, 6.45) is 6.61. The lowest BCUT2D eigenvalue weighted by Gasteiger charge is -2.25.